The van der Waals surface area contributed by atoms with Gasteiger partial charge in [0.1, 0.15) is 0 Å². The zero-order chi connectivity index (χ0) is 14.0. The Kier molecular flexibility index (Phi) is 2.03. The molecule has 3 radical (unpaired) electrons. The summed E-state index contributed by atoms with van der Waals surface area (Å²) in [5.41, 5.74) is 7.36. The molecule has 1 nitrogen and oxygen atoms in total. The Hall–Kier alpha value is -2.45. The van der Waals surface area contributed by atoms with E-state index in [2.05, 4.69) is 64.8 Å². The van der Waals surface area contributed by atoms with Crippen LogP contribution in [0.5, 0.6) is 0 Å². The van der Waals surface area contributed by atoms with Gasteiger partial charge >= 0.3 is 0 Å². The van der Waals surface area contributed by atoms with E-state index < -0.39 is 0 Å². The van der Waals surface area contributed by atoms with Gasteiger partial charge in [0.2, 0.25) is 0 Å². The molecule has 21 heavy (non-hydrogen) atoms. The number of rotatable bonds is 0. The van der Waals surface area contributed by atoms with Crippen LogP contribution in [0, 0.1) is 0 Å². The van der Waals surface area contributed by atoms with Crippen LogP contribution >= 0.6 is 0 Å². The minimum Gasteiger partial charge on any atom is -0.248 e. The first kappa shape index (κ1) is 11.2. The molecule has 0 saturated carbocycles. The summed E-state index contributed by atoms with van der Waals surface area (Å²) in [4.78, 5) is 4.78. The third-order valence-electron chi connectivity index (χ3n) is 4.28. The first-order valence-corrected chi connectivity index (χ1v) is 7.50. The molecule has 0 bridgehead atoms. The Morgan fingerprint density at radius 2 is 1.71 bits per heavy atom. The Morgan fingerprint density at radius 3 is 2.67 bits per heavy atom. The fraction of sp³-hybridized carbons (Fsp3) is 0. The molecule has 1 aliphatic carbocycles. The van der Waals surface area contributed by atoms with Crippen LogP contribution < -0.4 is 15.8 Å². The van der Waals surface area contributed by atoms with Crippen molar-refractivity contribution < 1.29 is 0 Å². The van der Waals surface area contributed by atoms with Gasteiger partial charge in [0.15, 0.2) is 0 Å². The highest BCUT2D eigenvalue weighted by molar-refractivity contribution is 6.37. The fourth-order valence-electron chi connectivity index (χ4n) is 3.33. The maximum absolute atomic E-state index is 4.78. The van der Waals surface area contributed by atoms with Crippen LogP contribution in [0.4, 0.5) is 5.69 Å². The molecule has 0 amide bonds. The van der Waals surface area contributed by atoms with Crippen molar-refractivity contribution in [3.8, 4) is 22.3 Å². The second-order valence-corrected chi connectivity index (χ2v) is 6.04. The van der Waals surface area contributed by atoms with Crippen molar-refractivity contribution in [1.82, 2.24) is 0 Å². The molecule has 0 N–H and O–H groups in total. The molecule has 2 heteroatoms. The van der Waals surface area contributed by atoms with Crippen LogP contribution in [0.3, 0.4) is 0 Å². The van der Waals surface area contributed by atoms with Gasteiger partial charge in [0.25, 0.3) is 0 Å². The third-order valence-corrected chi connectivity index (χ3v) is 4.70. The fourth-order valence-corrected chi connectivity index (χ4v) is 3.69. The predicted octanol–water partition coefficient (Wildman–Crippen LogP) is 2.22. The van der Waals surface area contributed by atoms with E-state index in [1.165, 1.54) is 33.0 Å². The van der Waals surface area contributed by atoms with Gasteiger partial charge in [-0.25, -0.2) is 4.99 Å². The summed E-state index contributed by atoms with van der Waals surface area (Å²) in [6.07, 6.45) is 2.26. The number of benzene rings is 3. The van der Waals surface area contributed by atoms with Gasteiger partial charge < -0.3 is 0 Å². The Balaban J connectivity index is 1.88. The molecule has 0 atom stereocenters. The summed E-state index contributed by atoms with van der Waals surface area (Å²) in [6.45, 7) is 0. The monoisotopic (exact) mass is 280 g/mol. The molecule has 2 aliphatic rings. The van der Waals surface area contributed by atoms with E-state index in [0.717, 1.165) is 16.2 Å². The third kappa shape index (κ3) is 1.43. The molecule has 0 aromatic heterocycles. The van der Waals surface area contributed by atoms with E-state index in [1.54, 1.807) is 0 Å². The Morgan fingerprint density at radius 1 is 0.810 bits per heavy atom. The Bertz CT molecular complexity index is 1050. The smallest absolute Gasteiger partial charge is 0.0722 e. The highest BCUT2D eigenvalue weighted by Crippen LogP contribution is 2.32. The van der Waals surface area contributed by atoms with Crippen molar-refractivity contribution in [2.45, 2.75) is 0 Å². The first-order valence-electron chi connectivity index (χ1n) is 7.00. The molecule has 0 saturated heterocycles. The van der Waals surface area contributed by atoms with E-state index in [4.69, 9.17) is 4.99 Å². The molecular weight excluding hydrogens is 270 g/mol. The van der Waals surface area contributed by atoms with Gasteiger partial charge in [-0.15, -0.1) is 0 Å². The lowest BCUT2D eigenvalue weighted by Crippen LogP contribution is -2.14. The average molecular weight is 280 g/mol. The van der Waals surface area contributed by atoms with Crippen LogP contribution in [0.2, 0.25) is 0 Å². The highest BCUT2D eigenvalue weighted by Gasteiger charge is 2.19. The molecule has 0 fully saturated rings. The average Bonchev–Trinajstić information content (AvgIpc) is 3.03. The molecule has 5 rings (SSSR count). The van der Waals surface area contributed by atoms with Crippen molar-refractivity contribution in [2.75, 3.05) is 0 Å². The molecular formula is C19H10NSi. The lowest BCUT2D eigenvalue weighted by Gasteiger charge is -2.04. The number of nitrogens with zero attached hydrogens (tertiary/aromatic N) is 1. The summed E-state index contributed by atoms with van der Waals surface area (Å²) in [5, 5.41) is 3.46. The van der Waals surface area contributed by atoms with E-state index >= 15 is 0 Å². The van der Waals surface area contributed by atoms with E-state index in [9.17, 15) is 0 Å². The molecule has 0 spiro atoms. The number of hydrogen-bond acceptors (Lipinski definition) is 1. The Labute approximate surface area is 125 Å². The molecule has 3 aromatic rings. The lowest BCUT2D eigenvalue weighted by atomic mass is 10.0. The van der Waals surface area contributed by atoms with Gasteiger partial charge in [-0.2, -0.15) is 0 Å². The van der Waals surface area contributed by atoms with Crippen LogP contribution in [0.25, 0.3) is 28.3 Å². The molecule has 3 aromatic carbocycles. The summed E-state index contributed by atoms with van der Waals surface area (Å²) in [5.74, 6) is 0. The largest absolute Gasteiger partial charge is 0.248 e. The van der Waals surface area contributed by atoms with Crippen LogP contribution in [-0.2, 0) is 0 Å². The topological polar surface area (TPSA) is 12.4 Å². The van der Waals surface area contributed by atoms with Crippen molar-refractivity contribution in [3.63, 3.8) is 0 Å². The molecule has 1 heterocycles. The second kappa shape index (κ2) is 3.80. The zero-order valence-corrected chi connectivity index (χ0v) is 12.2. The molecule has 0 unspecified atom stereocenters. The SMILES string of the molecule is [Si]c1cccc2c1-c1cc3c(cc1=N2)-c1ccccc1C=3. The van der Waals surface area contributed by atoms with E-state index in [-0.39, 0.29) is 0 Å². The van der Waals surface area contributed by atoms with Crippen LogP contribution in [0.1, 0.15) is 5.56 Å². The first-order chi connectivity index (χ1) is 10.3. The normalized spacial score (nSPS) is 12.8. The standard InChI is InChI=1S/C19H10NSi/c21-18-7-3-6-16-19(18)15-9-12-8-11-4-1-2-5-13(11)14(12)10-17(15)20-16/h1-10H. The van der Waals surface area contributed by atoms with Crippen LogP contribution in [0.15, 0.2) is 59.6 Å². The second-order valence-electron chi connectivity index (χ2n) is 5.50. The predicted molar refractivity (Wildman–Crippen MR) is 86.7 cm³/mol. The molecule has 95 valence electrons. The van der Waals surface area contributed by atoms with Crippen LogP contribution in [-0.4, -0.2) is 10.2 Å². The highest BCUT2D eigenvalue weighted by atomic mass is 28.1. The van der Waals surface area contributed by atoms with Gasteiger partial charge in [0.05, 0.1) is 21.3 Å². The summed E-state index contributed by atoms with van der Waals surface area (Å²) in [7, 11) is 3.71. The quantitative estimate of drug-likeness (QED) is 0.386. The van der Waals surface area contributed by atoms with E-state index in [1.807, 2.05) is 6.07 Å². The summed E-state index contributed by atoms with van der Waals surface area (Å²) in [6, 6.07) is 19.2. The summed E-state index contributed by atoms with van der Waals surface area (Å²) < 4.78 is 0. The molecule has 1 aliphatic heterocycles. The lowest BCUT2D eigenvalue weighted by molar-refractivity contribution is 1.41. The van der Waals surface area contributed by atoms with Gasteiger partial charge in [-0.05, 0) is 46.2 Å². The van der Waals surface area contributed by atoms with Gasteiger partial charge in [-0.1, -0.05) is 41.6 Å². The minimum absolute atomic E-state index is 1.05. The van der Waals surface area contributed by atoms with Crippen molar-refractivity contribution in [1.29, 1.82) is 0 Å². The van der Waals surface area contributed by atoms with Crippen molar-refractivity contribution in [3.05, 3.63) is 70.7 Å². The zero-order valence-electron chi connectivity index (χ0n) is 11.2. The maximum atomic E-state index is 4.78. The number of hydrogen-bond donors (Lipinski definition) is 0. The van der Waals surface area contributed by atoms with Gasteiger partial charge in [-0.3, -0.25) is 0 Å². The van der Waals surface area contributed by atoms with E-state index in [0.29, 0.717) is 0 Å². The van der Waals surface area contributed by atoms with Crippen molar-refractivity contribution >= 4 is 27.2 Å². The number of fused-ring (bicyclic) bond motifs is 6. The minimum atomic E-state index is 1.05. The van der Waals surface area contributed by atoms with Crippen molar-refractivity contribution in [2.24, 2.45) is 4.99 Å². The summed E-state index contributed by atoms with van der Waals surface area (Å²) >= 11 is 0. The van der Waals surface area contributed by atoms with Gasteiger partial charge in [0, 0.05) is 11.1 Å². The maximum Gasteiger partial charge on any atom is 0.0722 e.